The molecular formula is C15H20N2O2. The van der Waals surface area contributed by atoms with Gasteiger partial charge in [-0.15, -0.1) is 0 Å². The highest BCUT2D eigenvalue weighted by Crippen LogP contribution is 2.34. The third-order valence-corrected chi connectivity index (χ3v) is 3.58. The van der Waals surface area contributed by atoms with Crippen LogP contribution < -0.4 is 5.32 Å². The van der Waals surface area contributed by atoms with E-state index < -0.39 is 0 Å². The molecule has 1 aromatic rings. The smallest absolute Gasteiger partial charge is 0.230 e. The number of piperidine rings is 1. The number of amides is 2. The molecule has 1 fully saturated rings. The summed E-state index contributed by atoms with van der Waals surface area (Å²) in [5.74, 6) is -0.0880. The molecule has 0 bridgehead atoms. The summed E-state index contributed by atoms with van der Waals surface area (Å²) in [6, 6.07) is 3.91. The first-order valence-electron chi connectivity index (χ1n) is 6.73. The Kier molecular flexibility index (Phi) is 3.98. The lowest BCUT2D eigenvalue weighted by Crippen LogP contribution is -2.45. The third-order valence-electron chi connectivity index (χ3n) is 3.58. The zero-order chi connectivity index (χ0) is 14.0. The summed E-state index contributed by atoms with van der Waals surface area (Å²) in [5, 5.41) is 2.45. The van der Waals surface area contributed by atoms with Gasteiger partial charge in [0.1, 0.15) is 0 Å². The highest BCUT2D eigenvalue weighted by atomic mass is 16.2. The van der Waals surface area contributed by atoms with Crippen molar-refractivity contribution in [3.05, 3.63) is 29.6 Å². The average Bonchev–Trinajstić information content (AvgIpc) is 2.33. The summed E-state index contributed by atoms with van der Waals surface area (Å²) in [4.78, 5) is 27.9. The number of aromatic nitrogens is 1. The number of aryl methyl sites for hydroxylation is 1. The van der Waals surface area contributed by atoms with E-state index in [1.54, 1.807) is 6.20 Å². The van der Waals surface area contributed by atoms with Crippen LogP contribution in [-0.4, -0.2) is 16.8 Å². The Hall–Kier alpha value is -1.71. The van der Waals surface area contributed by atoms with Crippen molar-refractivity contribution in [1.29, 1.82) is 0 Å². The van der Waals surface area contributed by atoms with Gasteiger partial charge in [0.15, 0.2) is 0 Å². The third kappa shape index (κ3) is 3.19. The van der Waals surface area contributed by atoms with Gasteiger partial charge in [0.2, 0.25) is 11.8 Å². The number of carbonyl (C=O) groups excluding carboxylic acids is 2. The van der Waals surface area contributed by atoms with Crippen LogP contribution in [0.5, 0.6) is 0 Å². The molecule has 0 spiro atoms. The summed E-state index contributed by atoms with van der Waals surface area (Å²) in [6.07, 6.45) is 2.95. The first-order valence-corrected chi connectivity index (χ1v) is 6.73. The molecular weight excluding hydrogens is 240 g/mol. The molecule has 4 heteroatoms. The molecule has 0 aliphatic carbocycles. The normalized spacial score (nSPS) is 23.6. The van der Waals surface area contributed by atoms with Crippen LogP contribution in [0, 0.1) is 18.8 Å². The maximum absolute atomic E-state index is 12.0. The summed E-state index contributed by atoms with van der Waals surface area (Å²) < 4.78 is 0. The topological polar surface area (TPSA) is 59.1 Å². The van der Waals surface area contributed by atoms with Crippen LogP contribution in [-0.2, 0) is 9.59 Å². The Morgan fingerprint density at radius 3 is 2.68 bits per heavy atom. The lowest BCUT2D eigenvalue weighted by atomic mass is 9.77. The Labute approximate surface area is 113 Å². The highest BCUT2D eigenvalue weighted by molar-refractivity contribution is 5.99. The number of nitrogens with zero attached hydrogens (tertiary/aromatic N) is 1. The quantitative estimate of drug-likeness (QED) is 0.847. The summed E-state index contributed by atoms with van der Waals surface area (Å²) in [6.45, 7) is 6.11. The van der Waals surface area contributed by atoms with Gasteiger partial charge in [-0.2, -0.15) is 0 Å². The molecule has 2 amide bonds. The van der Waals surface area contributed by atoms with Crippen LogP contribution in [0.15, 0.2) is 18.3 Å². The molecule has 2 heterocycles. The predicted octanol–water partition coefficient (Wildman–Crippen LogP) is 2.18. The van der Waals surface area contributed by atoms with E-state index in [9.17, 15) is 9.59 Å². The number of imide groups is 1. The fraction of sp³-hybridized carbons (Fsp3) is 0.533. The standard InChI is InChI=1S/C15H20N2O2/c1-9(2)6-13-12(7-14(18)17-15(13)19)11-5-4-10(3)16-8-11/h4-5,8-9,12-13H,6-7H2,1-3H3,(H,17,18,19). The van der Waals surface area contributed by atoms with Gasteiger partial charge in [-0.3, -0.25) is 19.9 Å². The molecule has 2 unspecified atom stereocenters. The predicted molar refractivity (Wildman–Crippen MR) is 72.4 cm³/mol. The molecule has 0 radical (unpaired) electrons. The Morgan fingerprint density at radius 1 is 1.37 bits per heavy atom. The fourth-order valence-corrected chi connectivity index (χ4v) is 2.63. The van der Waals surface area contributed by atoms with Gasteiger partial charge in [-0.1, -0.05) is 19.9 Å². The van der Waals surface area contributed by atoms with Gasteiger partial charge in [-0.05, 0) is 30.9 Å². The Morgan fingerprint density at radius 2 is 2.11 bits per heavy atom. The van der Waals surface area contributed by atoms with Gasteiger partial charge in [-0.25, -0.2) is 0 Å². The number of nitrogens with one attached hydrogen (secondary N) is 1. The van der Waals surface area contributed by atoms with Crippen molar-refractivity contribution in [1.82, 2.24) is 10.3 Å². The Bertz CT molecular complexity index is 479. The maximum Gasteiger partial charge on any atom is 0.230 e. The van der Waals surface area contributed by atoms with Crippen LogP contribution in [0.4, 0.5) is 0 Å². The number of rotatable bonds is 3. The molecule has 19 heavy (non-hydrogen) atoms. The van der Waals surface area contributed by atoms with Crippen molar-refractivity contribution >= 4 is 11.8 Å². The van der Waals surface area contributed by atoms with Crippen molar-refractivity contribution in [3.63, 3.8) is 0 Å². The van der Waals surface area contributed by atoms with Crippen LogP contribution in [0.3, 0.4) is 0 Å². The average molecular weight is 260 g/mol. The van der Waals surface area contributed by atoms with Crippen LogP contribution in [0.25, 0.3) is 0 Å². The number of pyridine rings is 1. The van der Waals surface area contributed by atoms with Crippen molar-refractivity contribution < 1.29 is 9.59 Å². The number of hydrogen-bond donors (Lipinski definition) is 1. The Balaban J connectivity index is 2.29. The molecule has 4 nitrogen and oxygen atoms in total. The van der Waals surface area contributed by atoms with E-state index in [4.69, 9.17) is 0 Å². The second-order valence-electron chi connectivity index (χ2n) is 5.69. The van der Waals surface area contributed by atoms with Crippen LogP contribution >= 0.6 is 0 Å². The van der Waals surface area contributed by atoms with Gasteiger partial charge in [0.05, 0.1) is 0 Å². The summed E-state index contributed by atoms with van der Waals surface area (Å²) in [5.41, 5.74) is 1.93. The van der Waals surface area contributed by atoms with Crippen molar-refractivity contribution in [2.75, 3.05) is 0 Å². The van der Waals surface area contributed by atoms with Crippen molar-refractivity contribution in [2.45, 2.75) is 39.5 Å². The molecule has 0 aromatic carbocycles. The molecule has 1 saturated heterocycles. The van der Waals surface area contributed by atoms with E-state index in [2.05, 4.69) is 24.1 Å². The molecule has 2 atom stereocenters. The first kappa shape index (κ1) is 13.7. The van der Waals surface area contributed by atoms with E-state index in [0.717, 1.165) is 17.7 Å². The SMILES string of the molecule is Cc1ccc(C2CC(=O)NC(=O)C2CC(C)C)cn1. The van der Waals surface area contributed by atoms with Crippen LogP contribution in [0.2, 0.25) is 0 Å². The molecule has 1 N–H and O–H groups in total. The minimum atomic E-state index is -0.185. The van der Waals surface area contributed by atoms with Gasteiger partial charge in [0, 0.05) is 30.1 Å². The zero-order valence-electron chi connectivity index (χ0n) is 11.6. The lowest BCUT2D eigenvalue weighted by Gasteiger charge is -2.31. The van der Waals surface area contributed by atoms with E-state index >= 15 is 0 Å². The lowest BCUT2D eigenvalue weighted by molar-refractivity contribution is -0.137. The monoisotopic (exact) mass is 260 g/mol. The molecule has 0 saturated carbocycles. The largest absolute Gasteiger partial charge is 0.296 e. The minimum Gasteiger partial charge on any atom is -0.296 e. The zero-order valence-corrected chi connectivity index (χ0v) is 11.6. The maximum atomic E-state index is 12.0. The second kappa shape index (κ2) is 5.51. The van der Waals surface area contributed by atoms with E-state index in [1.165, 1.54) is 0 Å². The van der Waals surface area contributed by atoms with Gasteiger partial charge < -0.3 is 0 Å². The fourth-order valence-electron chi connectivity index (χ4n) is 2.63. The van der Waals surface area contributed by atoms with Crippen molar-refractivity contribution in [3.8, 4) is 0 Å². The van der Waals surface area contributed by atoms with E-state index in [1.807, 2.05) is 19.1 Å². The second-order valence-corrected chi connectivity index (χ2v) is 5.69. The van der Waals surface area contributed by atoms with Gasteiger partial charge >= 0.3 is 0 Å². The van der Waals surface area contributed by atoms with E-state index in [0.29, 0.717) is 12.3 Å². The highest BCUT2D eigenvalue weighted by Gasteiger charge is 2.37. The molecule has 1 aromatic heterocycles. The van der Waals surface area contributed by atoms with Crippen LogP contribution in [0.1, 0.15) is 43.9 Å². The minimum absolute atomic E-state index is 0.0447. The number of carbonyl (C=O) groups is 2. The molecule has 102 valence electrons. The number of hydrogen-bond acceptors (Lipinski definition) is 3. The molecule has 1 aliphatic rings. The summed E-state index contributed by atoms with van der Waals surface area (Å²) in [7, 11) is 0. The van der Waals surface area contributed by atoms with Gasteiger partial charge in [0.25, 0.3) is 0 Å². The van der Waals surface area contributed by atoms with E-state index in [-0.39, 0.29) is 23.7 Å². The molecule has 2 rings (SSSR count). The van der Waals surface area contributed by atoms with Crippen molar-refractivity contribution in [2.24, 2.45) is 11.8 Å². The summed E-state index contributed by atoms with van der Waals surface area (Å²) >= 11 is 0. The molecule has 1 aliphatic heterocycles. The first-order chi connectivity index (χ1) is 8.97.